The average Bonchev–Trinajstić information content (AvgIpc) is 2.16. The van der Waals surface area contributed by atoms with Crippen LogP contribution in [0.3, 0.4) is 0 Å². The molecule has 0 unspecified atom stereocenters. The van der Waals surface area contributed by atoms with Crippen LogP contribution < -0.4 is 10.1 Å². The second kappa shape index (κ2) is 4.77. The van der Waals surface area contributed by atoms with Crippen molar-refractivity contribution in [2.75, 3.05) is 19.0 Å². The summed E-state index contributed by atoms with van der Waals surface area (Å²) < 4.78 is 5.55. The van der Waals surface area contributed by atoms with Crippen LogP contribution in [-0.4, -0.2) is 13.7 Å². The van der Waals surface area contributed by atoms with Gasteiger partial charge in [0.2, 0.25) is 0 Å². The molecule has 0 saturated heterocycles. The highest BCUT2D eigenvalue weighted by Gasteiger charge is 2.21. The van der Waals surface area contributed by atoms with Gasteiger partial charge in [-0.2, -0.15) is 0 Å². The number of aryl methyl sites for hydroxylation is 1. The third-order valence-electron chi connectivity index (χ3n) is 2.61. The summed E-state index contributed by atoms with van der Waals surface area (Å²) in [6.45, 7) is 11.7. The van der Waals surface area contributed by atoms with Gasteiger partial charge in [0.05, 0.1) is 12.8 Å². The summed E-state index contributed by atoms with van der Waals surface area (Å²) in [5.74, 6) is 0.972. The number of rotatable bonds is 3. The van der Waals surface area contributed by atoms with Gasteiger partial charge in [0.1, 0.15) is 5.75 Å². The maximum absolute atomic E-state index is 5.55. The maximum atomic E-state index is 5.55. The zero-order valence-electron chi connectivity index (χ0n) is 11.3. The molecular formula is C14H23NO. The Morgan fingerprint density at radius 2 is 1.88 bits per heavy atom. The van der Waals surface area contributed by atoms with Crippen LogP contribution in [0.25, 0.3) is 0 Å². The van der Waals surface area contributed by atoms with Crippen molar-refractivity contribution in [2.24, 2.45) is 0 Å². The topological polar surface area (TPSA) is 21.3 Å². The molecule has 16 heavy (non-hydrogen) atoms. The Labute approximate surface area is 99.0 Å². The number of hydrogen-bond acceptors (Lipinski definition) is 2. The molecule has 90 valence electrons. The highest BCUT2D eigenvalue weighted by atomic mass is 16.5. The molecule has 1 aromatic carbocycles. The first-order valence-electron chi connectivity index (χ1n) is 5.83. The molecule has 0 fully saturated rings. The summed E-state index contributed by atoms with van der Waals surface area (Å²) in [4.78, 5) is 0. The molecule has 0 amide bonds. The van der Waals surface area contributed by atoms with Crippen molar-refractivity contribution in [1.82, 2.24) is 0 Å². The Morgan fingerprint density at radius 3 is 2.31 bits per heavy atom. The number of hydrogen-bond donors (Lipinski definition) is 1. The highest BCUT2D eigenvalue weighted by molar-refractivity contribution is 5.63. The van der Waals surface area contributed by atoms with Gasteiger partial charge in [-0.05, 0) is 30.9 Å². The van der Waals surface area contributed by atoms with E-state index in [4.69, 9.17) is 4.74 Å². The molecule has 0 atom stereocenters. The van der Waals surface area contributed by atoms with Crippen LogP contribution in [-0.2, 0) is 5.41 Å². The van der Waals surface area contributed by atoms with Crippen molar-refractivity contribution in [2.45, 2.75) is 40.0 Å². The number of benzene rings is 1. The molecule has 0 radical (unpaired) electrons. The monoisotopic (exact) mass is 221 g/mol. The van der Waals surface area contributed by atoms with Crippen LogP contribution in [0.4, 0.5) is 5.69 Å². The summed E-state index contributed by atoms with van der Waals surface area (Å²) in [5, 5.41) is 3.36. The molecule has 0 saturated carbocycles. The van der Waals surface area contributed by atoms with E-state index >= 15 is 0 Å². The predicted molar refractivity (Wildman–Crippen MR) is 70.6 cm³/mol. The lowest BCUT2D eigenvalue weighted by Gasteiger charge is -2.25. The lowest BCUT2D eigenvalue weighted by molar-refractivity contribution is 0.399. The fourth-order valence-corrected chi connectivity index (χ4v) is 1.87. The third kappa shape index (κ3) is 2.69. The van der Waals surface area contributed by atoms with Gasteiger partial charge in [-0.1, -0.05) is 26.8 Å². The maximum Gasteiger partial charge on any atom is 0.145 e. The molecule has 0 heterocycles. The first-order valence-corrected chi connectivity index (χ1v) is 5.83. The molecule has 0 aromatic heterocycles. The van der Waals surface area contributed by atoms with Crippen LogP contribution >= 0.6 is 0 Å². The quantitative estimate of drug-likeness (QED) is 0.839. The van der Waals surface area contributed by atoms with Crippen LogP contribution in [0.15, 0.2) is 12.1 Å². The zero-order chi connectivity index (χ0) is 12.3. The minimum Gasteiger partial charge on any atom is -0.494 e. The first kappa shape index (κ1) is 12.9. The Morgan fingerprint density at radius 1 is 1.25 bits per heavy atom. The highest BCUT2D eigenvalue weighted by Crippen LogP contribution is 2.37. The SMILES string of the molecule is CCNc1cc(C)cc(C(C)(C)C)c1OC. The first-order chi connectivity index (χ1) is 7.40. The van der Waals surface area contributed by atoms with E-state index in [-0.39, 0.29) is 5.41 Å². The normalized spacial score (nSPS) is 11.4. The van der Waals surface area contributed by atoms with Gasteiger partial charge in [-0.25, -0.2) is 0 Å². The largest absolute Gasteiger partial charge is 0.494 e. The van der Waals surface area contributed by atoms with Gasteiger partial charge in [0.15, 0.2) is 0 Å². The molecule has 1 aromatic rings. The molecule has 0 aliphatic rings. The van der Waals surface area contributed by atoms with Crippen molar-refractivity contribution in [3.8, 4) is 5.75 Å². The minimum absolute atomic E-state index is 0.0987. The second-order valence-electron chi connectivity index (χ2n) is 5.17. The van der Waals surface area contributed by atoms with E-state index in [1.807, 2.05) is 0 Å². The van der Waals surface area contributed by atoms with E-state index in [1.165, 1.54) is 11.1 Å². The third-order valence-corrected chi connectivity index (χ3v) is 2.61. The molecule has 1 rings (SSSR count). The molecular weight excluding hydrogens is 198 g/mol. The smallest absolute Gasteiger partial charge is 0.145 e. The van der Waals surface area contributed by atoms with E-state index in [1.54, 1.807) is 7.11 Å². The van der Waals surface area contributed by atoms with Crippen molar-refractivity contribution < 1.29 is 4.74 Å². The van der Waals surface area contributed by atoms with Gasteiger partial charge in [0.25, 0.3) is 0 Å². The van der Waals surface area contributed by atoms with Crippen LogP contribution in [0, 0.1) is 6.92 Å². The van der Waals surface area contributed by atoms with Gasteiger partial charge in [-0.3, -0.25) is 0 Å². The number of methoxy groups -OCH3 is 1. The molecule has 0 spiro atoms. The van der Waals surface area contributed by atoms with E-state index in [9.17, 15) is 0 Å². The summed E-state index contributed by atoms with van der Waals surface area (Å²) >= 11 is 0. The Kier molecular flexibility index (Phi) is 3.84. The summed E-state index contributed by atoms with van der Waals surface area (Å²) in [5.41, 5.74) is 3.71. The standard InChI is InChI=1S/C14H23NO/c1-7-15-12-9-10(2)8-11(13(12)16-6)14(3,4)5/h8-9,15H,7H2,1-6H3. The fourth-order valence-electron chi connectivity index (χ4n) is 1.87. The Hall–Kier alpha value is -1.18. The Bertz CT molecular complexity index is 364. The predicted octanol–water partition coefficient (Wildman–Crippen LogP) is 3.73. The minimum atomic E-state index is 0.0987. The van der Waals surface area contributed by atoms with Crippen molar-refractivity contribution in [1.29, 1.82) is 0 Å². The summed E-state index contributed by atoms with van der Waals surface area (Å²) in [6.07, 6.45) is 0. The van der Waals surface area contributed by atoms with E-state index in [2.05, 4.69) is 52.1 Å². The molecule has 0 aliphatic carbocycles. The van der Waals surface area contributed by atoms with Crippen LogP contribution in [0.5, 0.6) is 5.75 Å². The number of nitrogens with one attached hydrogen (secondary N) is 1. The Balaban J connectivity index is 3.36. The molecule has 2 nitrogen and oxygen atoms in total. The molecule has 0 aliphatic heterocycles. The lowest BCUT2D eigenvalue weighted by Crippen LogP contribution is -2.14. The lowest BCUT2D eigenvalue weighted by atomic mass is 9.85. The van der Waals surface area contributed by atoms with Gasteiger partial charge in [0, 0.05) is 12.1 Å². The van der Waals surface area contributed by atoms with E-state index < -0.39 is 0 Å². The van der Waals surface area contributed by atoms with E-state index in [0.29, 0.717) is 0 Å². The second-order valence-corrected chi connectivity index (χ2v) is 5.17. The van der Waals surface area contributed by atoms with Crippen molar-refractivity contribution >= 4 is 5.69 Å². The van der Waals surface area contributed by atoms with Crippen LogP contribution in [0.1, 0.15) is 38.8 Å². The summed E-state index contributed by atoms with van der Waals surface area (Å²) in [6, 6.07) is 4.34. The van der Waals surface area contributed by atoms with Gasteiger partial charge < -0.3 is 10.1 Å². The van der Waals surface area contributed by atoms with Gasteiger partial charge in [-0.15, -0.1) is 0 Å². The number of ether oxygens (including phenoxy) is 1. The van der Waals surface area contributed by atoms with Crippen LogP contribution in [0.2, 0.25) is 0 Å². The molecule has 1 N–H and O–H groups in total. The zero-order valence-corrected chi connectivity index (χ0v) is 11.3. The van der Waals surface area contributed by atoms with Crippen molar-refractivity contribution in [3.05, 3.63) is 23.3 Å². The summed E-state index contributed by atoms with van der Waals surface area (Å²) in [7, 11) is 1.74. The molecule has 0 bridgehead atoms. The number of anilines is 1. The van der Waals surface area contributed by atoms with E-state index in [0.717, 1.165) is 18.0 Å². The van der Waals surface area contributed by atoms with Crippen molar-refractivity contribution in [3.63, 3.8) is 0 Å². The van der Waals surface area contributed by atoms with Gasteiger partial charge >= 0.3 is 0 Å². The fraction of sp³-hybridized carbons (Fsp3) is 0.571. The molecule has 2 heteroatoms. The average molecular weight is 221 g/mol.